The molecular formula is C12H13FN2O3S. The van der Waals surface area contributed by atoms with Crippen LogP contribution >= 0.6 is 11.8 Å². The molecule has 0 saturated carbocycles. The summed E-state index contributed by atoms with van der Waals surface area (Å²) in [5, 5.41) is 11.3. The molecule has 1 unspecified atom stereocenters. The Kier molecular flexibility index (Phi) is 4.06. The van der Waals surface area contributed by atoms with Crippen LogP contribution in [0.1, 0.15) is 5.56 Å². The number of halogens is 1. The average molecular weight is 284 g/mol. The van der Waals surface area contributed by atoms with E-state index in [-0.39, 0.29) is 11.7 Å². The smallest absolute Gasteiger partial charge is 0.271 e. The molecule has 102 valence electrons. The molecule has 0 bridgehead atoms. The number of phenols is 1. The zero-order chi connectivity index (χ0) is 14.0. The fraction of sp³-hybridized carbons (Fsp3) is 0.333. The van der Waals surface area contributed by atoms with Gasteiger partial charge in [-0.3, -0.25) is 14.6 Å². The highest BCUT2D eigenvalue weighted by molar-refractivity contribution is 8.14. The monoisotopic (exact) mass is 284 g/mol. The molecule has 0 spiro atoms. The summed E-state index contributed by atoms with van der Waals surface area (Å²) < 4.78 is 13.2. The predicted octanol–water partition coefficient (Wildman–Crippen LogP) is 1.41. The van der Waals surface area contributed by atoms with Crippen LogP contribution in [0.2, 0.25) is 0 Å². The summed E-state index contributed by atoms with van der Waals surface area (Å²) in [7, 11) is 2.89. The molecule has 1 N–H and O–H groups in total. The topological polar surface area (TPSA) is 62.1 Å². The molecule has 0 radical (unpaired) electrons. The van der Waals surface area contributed by atoms with Gasteiger partial charge in [-0.1, -0.05) is 0 Å². The number of phenolic OH excluding ortho intramolecular Hbond substituents is 1. The second kappa shape index (κ2) is 5.58. The second-order valence-electron chi connectivity index (χ2n) is 3.94. The van der Waals surface area contributed by atoms with E-state index in [0.717, 1.165) is 5.06 Å². The van der Waals surface area contributed by atoms with Gasteiger partial charge in [-0.05, 0) is 18.2 Å². The lowest BCUT2D eigenvalue weighted by molar-refractivity contribution is -0.169. The van der Waals surface area contributed by atoms with Crippen LogP contribution in [0, 0.1) is 5.82 Å². The summed E-state index contributed by atoms with van der Waals surface area (Å²) >= 11 is 1.30. The number of aromatic hydroxyl groups is 1. The van der Waals surface area contributed by atoms with Gasteiger partial charge >= 0.3 is 0 Å². The van der Waals surface area contributed by atoms with Crippen molar-refractivity contribution in [3.05, 3.63) is 29.6 Å². The Balaban J connectivity index is 2.23. The Morgan fingerprint density at radius 3 is 3.05 bits per heavy atom. The fourth-order valence-corrected chi connectivity index (χ4v) is 2.68. The molecule has 1 heterocycles. The lowest BCUT2D eigenvalue weighted by Gasteiger charge is -2.15. The highest BCUT2D eigenvalue weighted by Crippen LogP contribution is 2.29. The van der Waals surface area contributed by atoms with Crippen molar-refractivity contribution in [1.82, 2.24) is 5.06 Å². The molecule has 1 aliphatic heterocycles. The molecule has 0 aromatic heterocycles. The molecule has 1 atom stereocenters. The largest absolute Gasteiger partial charge is 0.507 e. The number of carbonyl (C=O) groups is 1. The van der Waals surface area contributed by atoms with E-state index in [4.69, 9.17) is 4.84 Å². The molecule has 5 nitrogen and oxygen atoms in total. The van der Waals surface area contributed by atoms with E-state index < -0.39 is 11.9 Å². The van der Waals surface area contributed by atoms with Gasteiger partial charge in [-0.15, -0.1) is 11.8 Å². The minimum absolute atomic E-state index is 0.0548. The quantitative estimate of drug-likeness (QED) is 0.853. The van der Waals surface area contributed by atoms with Crippen LogP contribution in [-0.2, 0) is 9.63 Å². The minimum Gasteiger partial charge on any atom is -0.507 e. The predicted molar refractivity (Wildman–Crippen MR) is 70.6 cm³/mol. The van der Waals surface area contributed by atoms with E-state index in [1.165, 1.54) is 44.1 Å². The molecule has 1 aliphatic rings. The van der Waals surface area contributed by atoms with Crippen molar-refractivity contribution >= 4 is 22.7 Å². The Bertz CT molecular complexity index is 536. The number of aliphatic imine (C=N–C) groups is 1. The maximum absolute atomic E-state index is 13.2. The first-order valence-electron chi connectivity index (χ1n) is 5.54. The Labute approximate surface area is 114 Å². The van der Waals surface area contributed by atoms with E-state index in [0.29, 0.717) is 16.4 Å². The molecule has 1 aromatic carbocycles. The van der Waals surface area contributed by atoms with Crippen LogP contribution in [0.15, 0.2) is 23.2 Å². The molecule has 0 saturated heterocycles. The highest BCUT2D eigenvalue weighted by Gasteiger charge is 2.29. The summed E-state index contributed by atoms with van der Waals surface area (Å²) in [5.74, 6) is -0.348. The van der Waals surface area contributed by atoms with E-state index in [9.17, 15) is 14.3 Å². The first kappa shape index (κ1) is 13.8. The van der Waals surface area contributed by atoms with Crippen molar-refractivity contribution in [2.75, 3.05) is 19.9 Å². The number of hydroxylamine groups is 2. The maximum Gasteiger partial charge on any atom is 0.271 e. The van der Waals surface area contributed by atoms with Crippen LogP contribution in [-0.4, -0.2) is 47.1 Å². The maximum atomic E-state index is 13.2. The molecule has 0 fully saturated rings. The number of nitrogens with zero attached hydrogens (tertiary/aromatic N) is 2. The van der Waals surface area contributed by atoms with Crippen LogP contribution in [0.3, 0.4) is 0 Å². The van der Waals surface area contributed by atoms with Crippen molar-refractivity contribution in [3.63, 3.8) is 0 Å². The Morgan fingerprint density at radius 1 is 1.63 bits per heavy atom. The van der Waals surface area contributed by atoms with Gasteiger partial charge in [0.1, 0.15) is 22.7 Å². The summed E-state index contributed by atoms with van der Waals surface area (Å²) in [6.45, 7) is 0. The van der Waals surface area contributed by atoms with Crippen molar-refractivity contribution < 1.29 is 19.1 Å². The van der Waals surface area contributed by atoms with Crippen LogP contribution in [0.4, 0.5) is 4.39 Å². The number of hydrogen-bond acceptors (Lipinski definition) is 5. The third kappa shape index (κ3) is 2.87. The van der Waals surface area contributed by atoms with Crippen molar-refractivity contribution in [2.24, 2.45) is 4.99 Å². The van der Waals surface area contributed by atoms with Gasteiger partial charge < -0.3 is 5.11 Å². The van der Waals surface area contributed by atoms with E-state index in [2.05, 4.69) is 4.99 Å². The third-order valence-electron chi connectivity index (χ3n) is 2.71. The number of rotatable bonds is 3. The summed E-state index contributed by atoms with van der Waals surface area (Å²) in [6, 6.07) is 3.06. The van der Waals surface area contributed by atoms with Gasteiger partial charge in [0, 0.05) is 12.8 Å². The van der Waals surface area contributed by atoms with Gasteiger partial charge in [0.15, 0.2) is 0 Å². The minimum atomic E-state index is -0.576. The number of amides is 1. The number of likely N-dealkylation sites (N-methyl/N-ethyl adjacent to an activating group) is 1. The molecule has 1 amide bonds. The lowest BCUT2D eigenvalue weighted by Crippen LogP contribution is -2.34. The zero-order valence-corrected chi connectivity index (χ0v) is 11.3. The fourth-order valence-electron chi connectivity index (χ4n) is 1.63. The van der Waals surface area contributed by atoms with Gasteiger partial charge in [0.2, 0.25) is 0 Å². The normalized spacial score (nSPS) is 18.3. The molecule has 2 rings (SSSR count). The van der Waals surface area contributed by atoms with Gasteiger partial charge in [0.05, 0.1) is 12.7 Å². The van der Waals surface area contributed by atoms with Gasteiger partial charge in [-0.25, -0.2) is 9.45 Å². The van der Waals surface area contributed by atoms with Crippen molar-refractivity contribution in [2.45, 2.75) is 6.04 Å². The van der Waals surface area contributed by atoms with Gasteiger partial charge in [0.25, 0.3) is 5.91 Å². The SMILES string of the molecule is CON(C)C(=O)C1CSC(c2cc(F)ccc2O)=N1. The second-order valence-corrected chi connectivity index (χ2v) is 4.95. The summed E-state index contributed by atoms with van der Waals surface area (Å²) in [5.41, 5.74) is 0.306. The third-order valence-corrected chi connectivity index (χ3v) is 3.79. The standard InChI is InChI=1S/C12H13FN2O3S/c1-15(18-2)12(17)9-6-19-11(14-9)8-5-7(13)3-4-10(8)16/h3-5,9,16H,6H2,1-2H3. The van der Waals surface area contributed by atoms with Crippen LogP contribution < -0.4 is 0 Å². The molecule has 19 heavy (non-hydrogen) atoms. The number of benzene rings is 1. The first-order chi connectivity index (χ1) is 9.02. The Hall–Kier alpha value is -1.60. The highest BCUT2D eigenvalue weighted by atomic mass is 32.2. The molecule has 0 aliphatic carbocycles. The lowest BCUT2D eigenvalue weighted by atomic mass is 10.2. The molecular weight excluding hydrogens is 271 g/mol. The molecule has 7 heteroatoms. The first-order valence-corrected chi connectivity index (χ1v) is 6.52. The average Bonchev–Trinajstić information content (AvgIpc) is 2.89. The number of hydrogen-bond donors (Lipinski definition) is 1. The number of thioether (sulfide) groups is 1. The van der Waals surface area contributed by atoms with Crippen LogP contribution in [0.25, 0.3) is 0 Å². The van der Waals surface area contributed by atoms with Crippen molar-refractivity contribution in [3.8, 4) is 5.75 Å². The Morgan fingerprint density at radius 2 is 2.37 bits per heavy atom. The van der Waals surface area contributed by atoms with Crippen molar-refractivity contribution in [1.29, 1.82) is 0 Å². The van der Waals surface area contributed by atoms with Crippen LogP contribution in [0.5, 0.6) is 5.75 Å². The summed E-state index contributed by atoms with van der Waals surface area (Å²) in [4.78, 5) is 20.9. The number of carbonyl (C=O) groups excluding carboxylic acids is 1. The van der Waals surface area contributed by atoms with Gasteiger partial charge in [-0.2, -0.15) is 0 Å². The zero-order valence-electron chi connectivity index (χ0n) is 10.5. The van der Waals surface area contributed by atoms with E-state index >= 15 is 0 Å². The summed E-state index contributed by atoms with van der Waals surface area (Å²) in [6.07, 6.45) is 0. The van der Waals surface area contributed by atoms with E-state index in [1.54, 1.807) is 0 Å². The molecule has 1 aromatic rings. The van der Waals surface area contributed by atoms with E-state index in [1.807, 2.05) is 0 Å².